The van der Waals surface area contributed by atoms with Crippen molar-refractivity contribution >= 4 is 22.6 Å². The van der Waals surface area contributed by atoms with E-state index in [2.05, 4.69) is 0 Å². The minimum Gasteiger partial charge on any atom is -0.218 e. The topological polar surface area (TPSA) is 0 Å². The molecule has 2 rings (SSSR count). The molecule has 0 saturated carbocycles. The molecule has 0 amide bonds. The van der Waals surface area contributed by atoms with Gasteiger partial charge in [0.15, 0.2) is 0 Å². The fourth-order valence-electron chi connectivity index (χ4n) is 2.37. The Morgan fingerprint density at radius 1 is 0.786 bits per heavy atom. The average Bonchev–Trinajstić information content (AvgIpc) is 2.50. The van der Waals surface area contributed by atoms with Crippen LogP contribution >= 0.6 is 22.6 Å². The van der Waals surface area contributed by atoms with E-state index >= 15 is 0 Å². The van der Waals surface area contributed by atoms with Crippen LogP contribution in [-0.2, 0) is 11.8 Å². The van der Waals surface area contributed by atoms with E-state index in [0.29, 0.717) is 6.07 Å². The highest BCUT2D eigenvalue weighted by Gasteiger charge is 2.74. The molecule has 2 aromatic rings. The maximum absolute atomic E-state index is 14.6. The van der Waals surface area contributed by atoms with Crippen LogP contribution in [0.15, 0.2) is 30.3 Å². The van der Waals surface area contributed by atoms with Crippen molar-refractivity contribution in [1.82, 2.24) is 0 Å². The van der Waals surface area contributed by atoms with Crippen LogP contribution in [0.4, 0.5) is 48.3 Å². The molecule has 12 heteroatoms. The van der Waals surface area contributed by atoms with E-state index in [-0.39, 0.29) is 0 Å². The summed E-state index contributed by atoms with van der Waals surface area (Å²) < 4.78 is 145. The fraction of sp³-hybridized carbons (Fsp3) is 0.250. The predicted molar refractivity (Wildman–Crippen MR) is 83.3 cm³/mol. The van der Waals surface area contributed by atoms with Crippen molar-refractivity contribution in [3.63, 3.8) is 0 Å². The van der Waals surface area contributed by atoms with E-state index in [1.54, 1.807) is 6.07 Å². The van der Waals surface area contributed by atoms with Crippen molar-refractivity contribution in [2.75, 3.05) is 0 Å². The van der Waals surface area contributed by atoms with Gasteiger partial charge in [-0.3, -0.25) is 0 Å². The molecule has 0 unspecified atom stereocenters. The molecule has 0 aliphatic carbocycles. The second-order valence-corrected chi connectivity index (χ2v) is 6.53. The maximum Gasteiger partial charge on any atom is 0.435 e. The molecule has 0 aromatic heterocycles. The summed E-state index contributed by atoms with van der Waals surface area (Å²) in [7, 11) is 0. The number of benzene rings is 2. The zero-order valence-corrected chi connectivity index (χ0v) is 15.1. The van der Waals surface area contributed by atoms with Crippen LogP contribution in [0.3, 0.4) is 0 Å². The summed E-state index contributed by atoms with van der Waals surface area (Å²) >= 11 is 0.984. The van der Waals surface area contributed by atoms with Crippen LogP contribution in [0, 0.1) is 15.5 Å². The van der Waals surface area contributed by atoms with Crippen molar-refractivity contribution in [2.45, 2.75) is 24.2 Å². The van der Waals surface area contributed by atoms with Gasteiger partial charge in [-0.2, -0.15) is 39.5 Å². The molecule has 0 nitrogen and oxygen atoms in total. The Kier molecular flexibility index (Phi) is 5.69. The molecule has 0 bridgehead atoms. The van der Waals surface area contributed by atoms with E-state index < -0.39 is 61.9 Å². The molecule has 1 radical (unpaired) electrons. The Balaban J connectivity index is 3.03. The van der Waals surface area contributed by atoms with E-state index in [4.69, 9.17) is 0 Å². The Hall–Kier alpha value is -1.60. The molecule has 0 aliphatic rings. The largest absolute Gasteiger partial charge is 0.435 e. The molecule has 0 heterocycles. The fourth-order valence-corrected chi connectivity index (χ4v) is 3.26. The monoisotopic (exact) mass is 533 g/mol. The first-order valence-electron chi connectivity index (χ1n) is 6.92. The Morgan fingerprint density at radius 3 is 1.75 bits per heavy atom. The van der Waals surface area contributed by atoms with E-state index in [9.17, 15) is 48.3 Å². The lowest BCUT2D eigenvalue weighted by atomic mass is 9.85. The highest BCUT2D eigenvalue weighted by atomic mass is 127. The number of halogens is 12. The summed E-state index contributed by atoms with van der Waals surface area (Å²) in [5.74, 6) is -1.11. The van der Waals surface area contributed by atoms with Gasteiger partial charge in [-0.05, 0) is 46.4 Å². The van der Waals surface area contributed by atoms with Crippen LogP contribution < -0.4 is 0 Å². The van der Waals surface area contributed by atoms with E-state index in [1.165, 1.54) is 0 Å². The first kappa shape index (κ1) is 22.7. The lowest BCUT2D eigenvalue weighted by molar-refractivity contribution is -0.348. The first-order valence-corrected chi connectivity index (χ1v) is 8.00. The SMILES string of the molecule is Fc1cccc(-c2c(I)[c]c(C(F)(F)F)cc2C(F)(C(F)(F)F)C(F)(F)F)c1. The number of alkyl halides is 10. The van der Waals surface area contributed by atoms with Crippen LogP contribution in [0.1, 0.15) is 11.1 Å². The second-order valence-electron chi connectivity index (χ2n) is 5.45. The Morgan fingerprint density at radius 2 is 1.32 bits per heavy atom. The lowest BCUT2D eigenvalue weighted by Gasteiger charge is -2.32. The van der Waals surface area contributed by atoms with Crippen molar-refractivity contribution in [3.05, 3.63) is 56.9 Å². The lowest BCUT2D eigenvalue weighted by Crippen LogP contribution is -2.51. The van der Waals surface area contributed by atoms with Gasteiger partial charge in [0, 0.05) is 20.8 Å². The molecule has 153 valence electrons. The number of hydrogen-bond donors (Lipinski definition) is 0. The van der Waals surface area contributed by atoms with Crippen LogP contribution in [0.25, 0.3) is 11.1 Å². The van der Waals surface area contributed by atoms with Gasteiger partial charge < -0.3 is 0 Å². The van der Waals surface area contributed by atoms with Crippen molar-refractivity contribution in [3.8, 4) is 11.1 Å². The quantitative estimate of drug-likeness (QED) is 0.283. The van der Waals surface area contributed by atoms with Gasteiger partial charge in [0.05, 0.1) is 5.56 Å². The van der Waals surface area contributed by atoms with Crippen LogP contribution in [-0.4, -0.2) is 12.4 Å². The van der Waals surface area contributed by atoms with Crippen molar-refractivity contribution < 1.29 is 48.3 Å². The normalized spacial score (nSPS) is 13.7. The Labute approximate surface area is 163 Å². The molecule has 0 saturated heterocycles. The van der Waals surface area contributed by atoms with Crippen molar-refractivity contribution in [2.24, 2.45) is 0 Å². The summed E-state index contributed by atoms with van der Waals surface area (Å²) in [6, 6.07) is 3.96. The third-order valence-corrected chi connectivity index (χ3v) is 4.40. The first-order chi connectivity index (χ1) is 12.5. The van der Waals surface area contributed by atoms with Gasteiger partial charge in [0.2, 0.25) is 0 Å². The highest BCUT2D eigenvalue weighted by Crippen LogP contribution is 2.56. The van der Waals surface area contributed by atoms with Crippen LogP contribution in [0.2, 0.25) is 0 Å². The van der Waals surface area contributed by atoms with Crippen LogP contribution in [0.5, 0.6) is 0 Å². The predicted octanol–water partition coefficient (Wildman–Crippen LogP) is 7.21. The Bertz CT molecular complexity index is 864. The maximum atomic E-state index is 14.6. The van der Waals surface area contributed by atoms with Gasteiger partial charge in [-0.1, -0.05) is 12.1 Å². The summed E-state index contributed by atoms with van der Waals surface area (Å²) in [6.45, 7) is 0. The van der Waals surface area contributed by atoms with Gasteiger partial charge in [-0.15, -0.1) is 0 Å². The standard InChI is InChI=1S/C16H5F11I/c17-9-3-1-2-7(4-9)12-10(5-8(6-11(12)28)14(19,20)21)13(18,15(22,23)24)16(25,26)27/h1-5H. The highest BCUT2D eigenvalue weighted by molar-refractivity contribution is 14.1. The second kappa shape index (κ2) is 7.02. The summed E-state index contributed by atoms with van der Waals surface area (Å²) in [4.78, 5) is 0. The number of hydrogen-bond acceptors (Lipinski definition) is 0. The number of rotatable bonds is 2. The van der Waals surface area contributed by atoms with E-state index in [0.717, 1.165) is 40.8 Å². The van der Waals surface area contributed by atoms with Gasteiger partial charge in [0.1, 0.15) is 5.82 Å². The summed E-state index contributed by atoms with van der Waals surface area (Å²) in [5.41, 5.74) is -12.4. The molecule has 0 spiro atoms. The van der Waals surface area contributed by atoms with E-state index in [1.807, 2.05) is 0 Å². The van der Waals surface area contributed by atoms with Crippen molar-refractivity contribution in [1.29, 1.82) is 0 Å². The zero-order valence-electron chi connectivity index (χ0n) is 12.9. The molecular formula is C16H5F11I. The van der Waals surface area contributed by atoms with Gasteiger partial charge >= 0.3 is 24.2 Å². The third kappa shape index (κ3) is 3.92. The van der Waals surface area contributed by atoms with Gasteiger partial charge in [0.25, 0.3) is 0 Å². The summed E-state index contributed by atoms with van der Waals surface area (Å²) in [5, 5.41) is 0. The molecule has 0 N–H and O–H groups in total. The smallest absolute Gasteiger partial charge is 0.218 e. The molecule has 2 aromatic carbocycles. The minimum atomic E-state index is -6.65. The zero-order chi connectivity index (χ0) is 21.7. The molecule has 28 heavy (non-hydrogen) atoms. The third-order valence-electron chi connectivity index (χ3n) is 3.59. The summed E-state index contributed by atoms with van der Waals surface area (Å²) in [6.07, 6.45) is -18.7. The molecular weight excluding hydrogens is 528 g/mol. The van der Waals surface area contributed by atoms with Gasteiger partial charge in [-0.25, -0.2) is 8.78 Å². The minimum absolute atomic E-state index is 0.468. The average molecular weight is 533 g/mol. The molecule has 0 atom stereocenters. The molecule has 0 aliphatic heterocycles. The molecule has 0 fully saturated rings.